The van der Waals surface area contributed by atoms with Gasteiger partial charge in [0.15, 0.2) is 5.78 Å². The zero-order chi connectivity index (χ0) is 11.9. The Morgan fingerprint density at radius 1 is 1.31 bits per heavy atom. The van der Waals surface area contributed by atoms with Crippen LogP contribution in [0.2, 0.25) is 0 Å². The lowest BCUT2D eigenvalue weighted by Crippen LogP contribution is -2.26. The number of hydrogen-bond donors (Lipinski definition) is 1. The van der Waals surface area contributed by atoms with Crippen LogP contribution in [0.4, 0.5) is 5.95 Å². The molecule has 5 nitrogen and oxygen atoms in total. The van der Waals surface area contributed by atoms with E-state index in [4.69, 9.17) is 10.5 Å². The summed E-state index contributed by atoms with van der Waals surface area (Å²) in [6.07, 6.45) is 0.378. The smallest absolute Gasteiger partial charge is 0.229 e. The molecule has 0 amide bonds. The first-order chi connectivity index (χ1) is 7.39. The van der Waals surface area contributed by atoms with Crippen molar-refractivity contribution in [3.05, 3.63) is 11.3 Å². The lowest BCUT2D eigenvalue weighted by atomic mass is 9.86. The van der Waals surface area contributed by atoms with Gasteiger partial charge in [-0.1, -0.05) is 20.8 Å². The van der Waals surface area contributed by atoms with Gasteiger partial charge in [-0.15, -0.1) is 0 Å². The van der Waals surface area contributed by atoms with Gasteiger partial charge in [-0.05, 0) is 0 Å². The van der Waals surface area contributed by atoms with Crippen molar-refractivity contribution in [3.63, 3.8) is 0 Å². The van der Waals surface area contributed by atoms with Gasteiger partial charge >= 0.3 is 0 Å². The third-order valence-electron chi connectivity index (χ3n) is 2.45. The average Bonchev–Trinajstić information content (AvgIpc) is 2.15. The van der Waals surface area contributed by atoms with Crippen molar-refractivity contribution < 1.29 is 9.53 Å². The first kappa shape index (κ1) is 10.9. The number of hydrogen-bond acceptors (Lipinski definition) is 5. The van der Waals surface area contributed by atoms with Crippen LogP contribution in [0.3, 0.4) is 0 Å². The van der Waals surface area contributed by atoms with E-state index in [2.05, 4.69) is 9.97 Å². The quantitative estimate of drug-likeness (QED) is 0.714. The molecule has 0 radical (unpaired) electrons. The van der Waals surface area contributed by atoms with Crippen LogP contribution in [0.1, 0.15) is 43.2 Å². The maximum Gasteiger partial charge on any atom is 0.229 e. The maximum absolute atomic E-state index is 11.9. The summed E-state index contributed by atoms with van der Waals surface area (Å²) in [4.78, 5) is 20.0. The molecule has 2 rings (SSSR count). The van der Waals surface area contributed by atoms with Gasteiger partial charge < -0.3 is 10.5 Å². The molecule has 2 N–H and O–H groups in total. The van der Waals surface area contributed by atoms with E-state index in [1.54, 1.807) is 0 Å². The fourth-order valence-electron chi connectivity index (χ4n) is 1.72. The molecule has 1 aromatic heterocycles. The summed E-state index contributed by atoms with van der Waals surface area (Å²) in [5.74, 6) is 0.512. The monoisotopic (exact) mass is 221 g/mol. The summed E-state index contributed by atoms with van der Waals surface area (Å²) in [7, 11) is 0. The molecule has 0 saturated carbocycles. The summed E-state index contributed by atoms with van der Waals surface area (Å²) in [6.45, 7) is 6.32. The molecule has 5 heteroatoms. The summed E-state index contributed by atoms with van der Waals surface area (Å²) in [5, 5.41) is 0. The third-order valence-corrected chi connectivity index (χ3v) is 2.45. The molecule has 1 aliphatic rings. The highest BCUT2D eigenvalue weighted by Crippen LogP contribution is 2.32. The van der Waals surface area contributed by atoms with E-state index in [0.717, 1.165) is 0 Å². The first-order valence-electron chi connectivity index (χ1n) is 5.23. The van der Waals surface area contributed by atoms with Crippen molar-refractivity contribution in [3.8, 4) is 5.88 Å². The third kappa shape index (κ3) is 1.73. The molecule has 0 saturated heterocycles. The van der Waals surface area contributed by atoms with Crippen molar-refractivity contribution in [1.29, 1.82) is 0 Å². The zero-order valence-corrected chi connectivity index (χ0v) is 9.70. The van der Waals surface area contributed by atoms with Crippen LogP contribution in [0, 0.1) is 0 Å². The van der Waals surface area contributed by atoms with Crippen LogP contribution < -0.4 is 10.5 Å². The highest BCUT2D eigenvalue weighted by atomic mass is 16.5. The van der Waals surface area contributed by atoms with Gasteiger partial charge in [0.2, 0.25) is 11.8 Å². The van der Waals surface area contributed by atoms with E-state index in [1.807, 2.05) is 20.8 Å². The molecule has 0 fully saturated rings. The predicted octanol–water partition coefficient (Wildman–Crippen LogP) is 1.32. The summed E-state index contributed by atoms with van der Waals surface area (Å²) in [5.41, 5.74) is 6.52. The van der Waals surface area contributed by atoms with Crippen LogP contribution in [0.5, 0.6) is 5.88 Å². The van der Waals surface area contributed by atoms with Crippen LogP contribution in [-0.2, 0) is 5.41 Å². The minimum atomic E-state index is -0.252. The topological polar surface area (TPSA) is 78.1 Å². The fraction of sp³-hybridized carbons (Fsp3) is 0.545. The molecule has 1 aliphatic heterocycles. The minimum absolute atomic E-state index is 0.0335. The van der Waals surface area contributed by atoms with Crippen LogP contribution >= 0.6 is 0 Å². The summed E-state index contributed by atoms with van der Waals surface area (Å²) in [6, 6.07) is 0. The molecule has 0 spiro atoms. The normalized spacial score (nSPS) is 15.6. The second-order valence-electron chi connectivity index (χ2n) is 4.88. The molecule has 16 heavy (non-hydrogen) atoms. The number of nitrogen functional groups attached to an aromatic ring is 1. The average molecular weight is 221 g/mol. The molecule has 2 heterocycles. The molecule has 0 unspecified atom stereocenters. The number of nitrogens with two attached hydrogens (primary N) is 1. The maximum atomic E-state index is 11.9. The van der Waals surface area contributed by atoms with Crippen LogP contribution in [-0.4, -0.2) is 22.4 Å². The van der Waals surface area contributed by atoms with Gasteiger partial charge in [0.1, 0.15) is 5.56 Å². The van der Waals surface area contributed by atoms with Crippen molar-refractivity contribution in [1.82, 2.24) is 9.97 Å². The van der Waals surface area contributed by atoms with Crippen LogP contribution in [0.15, 0.2) is 0 Å². The van der Waals surface area contributed by atoms with Crippen molar-refractivity contribution >= 4 is 11.7 Å². The Bertz CT molecular complexity index is 449. The van der Waals surface area contributed by atoms with Gasteiger partial charge in [-0.2, -0.15) is 4.98 Å². The molecule has 0 atom stereocenters. The predicted molar refractivity (Wildman–Crippen MR) is 59.6 cm³/mol. The van der Waals surface area contributed by atoms with E-state index in [0.29, 0.717) is 30.2 Å². The Labute approximate surface area is 94.0 Å². The SMILES string of the molecule is CC(C)(C)c1nc(N)nc2c1C(=O)CCO2. The van der Waals surface area contributed by atoms with Gasteiger partial charge in [0.25, 0.3) is 0 Å². The minimum Gasteiger partial charge on any atom is -0.477 e. The molecule has 1 aromatic rings. The van der Waals surface area contributed by atoms with Crippen molar-refractivity contribution in [2.45, 2.75) is 32.6 Å². The number of ether oxygens (including phenoxy) is 1. The number of ketones is 1. The lowest BCUT2D eigenvalue weighted by Gasteiger charge is -2.24. The van der Waals surface area contributed by atoms with Gasteiger partial charge in [0.05, 0.1) is 12.3 Å². The molecular weight excluding hydrogens is 206 g/mol. The van der Waals surface area contributed by atoms with Crippen molar-refractivity contribution in [2.24, 2.45) is 0 Å². The van der Waals surface area contributed by atoms with Gasteiger partial charge in [0, 0.05) is 11.8 Å². The van der Waals surface area contributed by atoms with E-state index >= 15 is 0 Å². The van der Waals surface area contributed by atoms with Crippen molar-refractivity contribution in [2.75, 3.05) is 12.3 Å². The van der Waals surface area contributed by atoms with E-state index in [9.17, 15) is 4.79 Å². The highest BCUT2D eigenvalue weighted by molar-refractivity contribution is 6.00. The number of rotatable bonds is 0. The largest absolute Gasteiger partial charge is 0.477 e. The Balaban J connectivity index is 2.68. The number of nitrogens with zero attached hydrogens (tertiary/aromatic N) is 2. The highest BCUT2D eigenvalue weighted by Gasteiger charge is 2.31. The molecule has 0 aliphatic carbocycles. The standard InChI is InChI=1S/C11H15N3O2/c1-11(2,3)8-7-6(15)4-5-16-9(7)14-10(12)13-8/h4-5H2,1-3H3,(H2,12,13,14). The number of aromatic nitrogens is 2. The zero-order valence-electron chi connectivity index (χ0n) is 9.70. The number of fused-ring (bicyclic) bond motifs is 1. The molecule has 0 aromatic carbocycles. The molecular formula is C11H15N3O2. The number of anilines is 1. The summed E-state index contributed by atoms with van der Waals surface area (Å²) >= 11 is 0. The van der Waals surface area contributed by atoms with Gasteiger partial charge in [-0.3, -0.25) is 4.79 Å². The van der Waals surface area contributed by atoms with Crippen LogP contribution in [0.25, 0.3) is 0 Å². The number of carbonyl (C=O) groups is 1. The second-order valence-corrected chi connectivity index (χ2v) is 4.88. The van der Waals surface area contributed by atoms with E-state index in [1.165, 1.54) is 0 Å². The van der Waals surface area contributed by atoms with Gasteiger partial charge in [-0.25, -0.2) is 4.98 Å². The Kier molecular flexibility index (Phi) is 2.33. The lowest BCUT2D eigenvalue weighted by molar-refractivity contribution is 0.0925. The number of Topliss-reactive ketones (excluding diaryl/α,β-unsaturated/α-hetero) is 1. The first-order valence-corrected chi connectivity index (χ1v) is 5.23. The Hall–Kier alpha value is -1.65. The Morgan fingerprint density at radius 3 is 2.62 bits per heavy atom. The number of carbonyl (C=O) groups excluding carboxylic acids is 1. The van der Waals surface area contributed by atoms with E-state index < -0.39 is 0 Å². The van der Waals surface area contributed by atoms with E-state index in [-0.39, 0.29) is 17.1 Å². The second kappa shape index (κ2) is 3.43. The Morgan fingerprint density at radius 2 is 2.00 bits per heavy atom. The fourth-order valence-corrected chi connectivity index (χ4v) is 1.72. The molecule has 86 valence electrons. The molecule has 0 bridgehead atoms. The summed E-state index contributed by atoms with van der Waals surface area (Å²) < 4.78 is 5.36.